The first-order chi connectivity index (χ1) is 17.4. The van der Waals surface area contributed by atoms with Gasteiger partial charge in [-0.3, -0.25) is 4.79 Å². The topological polar surface area (TPSA) is 100 Å². The summed E-state index contributed by atoms with van der Waals surface area (Å²) in [5, 5.41) is 13.3. The largest absolute Gasteiger partial charge is 0.488 e. The number of piperidine rings is 1. The summed E-state index contributed by atoms with van der Waals surface area (Å²) in [7, 11) is 0. The van der Waals surface area contributed by atoms with Crippen molar-refractivity contribution < 1.29 is 13.9 Å². The first kappa shape index (κ1) is 25.8. The fraction of sp³-hybridized carbons (Fsp3) is 0.346. The van der Waals surface area contributed by atoms with E-state index in [1.165, 1.54) is 18.5 Å². The molecule has 4 N–H and O–H groups in total. The number of carbonyl (C=O) groups is 1. The molecule has 1 aromatic heterocycles. The maximum Gasteiger partial charge on any atom is 0.243 e. The van der Waals surface area contributed by atoms with Gasteiger partial charge in [-0.2, -0.15) is 0 Å². The van der Waals surface area contributed by atoms with E-state index in [1.54, 1.807) is 12.1 Å². The lowest BCUT2D eigenvalue weighted by molar-refractivity contribution is -0.116. The quantitative estimate of drug-likeness (QED) is 0.211. The fourth-order valence-electron chi connectivity index (χ4n) is 4.20. The molecule has 1 amide bonds. The van der Waals surface area contributed by atoms with Gasteiger partial charge in [-0.15, -0.1) is 0 Å². The van der Waals surface area contributed by atoms with E-state index in [1.807, 2.05) is 12.1 Å². The maximum absolute atomic E-state index is 14.5. The lowest BCUT2D eigenvalue weighted by Crippen LogP contribution is -2.35. The molecule has 1 fully saturated rings. The number of hydrogen-bond acceptors (Lipinski definition) is 7. The van der Waals surface area contributed by atoms with Crippen LogP contribution in [0.3, 0.4) is 0 Å². The second-order valence-corrected chi connectivity index (χ2v) is 9.58. The van der Waals surface area contributed by atoms with Crippen LogP contribution in [0, 0.1) is 11.7 Å². The highest BCUT2D eigenvalue weighted by molar-refractivity contribution is 9.10. The molecule has 2 heterocycles. The normalized spacial score (nSPS) is 14.8. The van der Waals surface area contributed by atoms with Crippen molar-refractivity contribution >= 4 is 49.9 Å². The van der Waals surface area contributed by atoms with Crippen molar-refractivity contribution in [3.05, 3.63) is 59.6 Å². The van der Waals surface area contributed by atoms with Crippen LogP contribution in [0.2, 0.25) is 0 Å². The lowest BCUT2D eigenvalue weighted by atomic mass is 9.93. The zero-order valence-electron chi connectivity index (χ0n) is 20.1. The lowest BCUT2D eigenvalue weighted by Gasteiger charge is -2.29. The molecule has 190 valence electrons. The van der Waals surface area contributed by atoms with Crippen molar-refractivity contribution in [2.75, 3.05) is 36.8 Å². The van der Waals surface area contributed by atoms with E-state index < -0.39 is 5.82 Å². The Morgan fingerprint density at radius 3 is 2.81 bits per heavy atom. The Morgan fingerprint density at radius 1 is 1.25 bits per heavy atom. The van der Waals surface area contributed by atoms with Crippen molar-refractivity contribution in [3.63, 3.8) is 0 Å². The minimum atomic E-state index is -0.400. The number of fused-ring (bicyclic) bond motifs is 1. The van der Waals surface area contributed by atoms with Gasteiger partial charge in [0, 0.05) is 29.0 Å². The first-order valence-corrected chi connectivity index (χ1v) is 12.8. The number of hydrogen-bond donors (Lipinski definition) is 4. The van der Waals surface area contributed by atoms with Crippen molar-refractivity contribution in [2.45, 2.75) is 25.9 Å². The van der Waals surface area contributed by atoms with E-state index in [4.69, 9.17) is 4.74 Å². The summed E-state index contributed by atoms with van der Waals surface area (Å²) < 4.78 is 21.6. The number of anilines is 3. The number of nitrogens with zero attached hydrogens (tertiary/aromatic N) is 2. The number of aromatic nitrogens is 2. The van der Waals surface area contributed by atoms with Gasteiger partial charge < -0.3 is 26.0 Å². The summed E-state index contributed by atoms with van der Waals surface area (Å²) in [6, 6.07) is 8.57. The molecule has 10 heteroatoms. The molecule has 4 rings (SSSR count). The summed E-state index contributed by atoms with van der Waals surface area (Å²) >= 11 is 3.28. The van der Waals surface area contributed by atoms with Crippen LogP contribution in [0.4, 0.5) is 21.6 Å². The summed E-state index contributed by atoms with van der Waals surface area (Å²) in [4.78, 5) is 20.3. The minimum Gasteiger partial charge on any atom is -0.488 e. The number of benzene rings is 2. The molecule has 0 bridgehead atoms. The molecule has 1 saturated heterocycles. The molecule has 0 spiro atoms. The van der Waals surface area contributed by atoms with Gasteiger partial charge in [-0.25, -0.2) is 14.4 Å². The minimum absolute atomic E-state index is 0.0156. The van der Waals surface area contributed by atoms with E-state index in [-0.39, 0.29) is 12.0 Å². The SMILES string of the molecule is C=CC(=O)NCCNc1cc2c(Nc3ccc(Br)cc3F)ncnc2cc1OC(C)C1CCNCC1. The van der Waals surface area contributed by atoms with Crippen LogP contribution >= 0.6 is 15.9 Å². The van der Waals surface area contributed by atoms with E-state index in [9.17, 15) is 9.18 Å². The molecule has 1 aliphatic heterocycles. The molecule has 2 aromatic carbocycles. The average Bonchev–Trinajstić information content (AvgIpc) is 2.88. The third kappa shape index (κ3) is 6.50. The van der Waals surface area contributed by atoms with Gasteiger partial charge >= 0.3 is 0 Å². The van der Waals surface area contributed by atoms with Crippen molar-refractivity contribution in [2.24, 2.45) is 5.92 Å². The van der Waals surface area contributed by atoms with E-state index >= 15 is 0 Å². The molecule has 0 saturated carbocycles. The Labute approximate surface area is 218 Å². The van der Waals surface area contributed by atoms with Crippen LogP contribution in [0.25, 0.3) is 10.9 Å². The molecule has 1 unspecified atom stereocenters. The highest BCUT2D eigenvalue weighted by Gasteiger charge is 2.23. The van der Waals surface area contributed by atoms with Gasteiger partial charge in [0.05, 0.1) is 23.0 Å². The van der Waals surface area contributed by atoms with Gasteiger partial charge in [0.15, 0.2) is 0 Å². The van der Waals surface area contributed by atoms with Gasteiger partial charge in [-0.1, -0.05) is 22.5 Å². The van der Waals surface area contributed by atoms with Crippen molar-refractivity contribution in [1.29, 1.82) is 0 Å². The Kier molecular flexibility index (Phi) is 8.71. The number of ether oxygens (including phenoxy) is 1. The van der Waals surface area contributed by atoms with Crippen LogP contribution in [0.15, 0.2) is 53.8 Å². The summed E-state index contributed by atoms with van der Waals surface area (Å²) in [5.74, 6) is 0.959. The van der Waals surface area contributed by atoms with Crippen LogP contribution in [-0.4, -0.2) is 48.2 Å². The maximum atomic E-state index is 14.5. The summed E-state index contributed by atoms with van der Waals surface area (Å²) in [6.07, 6.45) is 4.81. The van der Waals surface area contributed by atoms with Gasteiger partial charge in [0.1, 0.15) is 23.7 Å². The number of halogens is 2. The molecule has 3 aromatic rings. The Morgan fingerprint density at radius 2 is 2.06 bits per heavy atom. The van der Waals surface area contributed by atoms with Crippen LogP contribution in [0.1, 0.15) is 19.8 Å². The van der Waals surface area contributed by atoms with E-state index in [2.05, 4.69) is 60.7 Å². The third-order valence-corrected chi connectivity index (χ3v) is 6.70. The number of rotatable bonds is 10. The monoisotopic (exact) mass is 556 g/mol. The number of nitrogens with one attached hydrogen (secondary N) is 4. The molecule has 36 heavy (non-hydrogen) atoms. The molecule has 1 aliphatic rings. The number of carbonyl (C=O) groups excluding carboxylic acids is 1. The van der Waals surface area contributed by atoms with Gasteiger partial charge in [0.25, 0.3) is 0 Å². The second-order valence-electron chi connectivity index (χ2n) is 8.67. The molecule has 1 atom stereocenters. The standard InChI is InChI=1S/C26H30BrFN6O2/c1-3-25(35)31-11-10-30-23-13-19-22(14-24(23)36-16(2)17-6-8-29-9-7-17)32-15-33-26(19)34-21-5-4-18(27)12-20(21)28/h3-5,12-17,29-30H,1,6-11H2,2H3,(H,31,35)(H,32,33,34). The summed E-state index contributed by atoms with van der Waals surface area (Å²) in [5.41, 5.74) is 1.72. The fourth-order valence-corrected chi connectivity index (χ4v) is 4.54. The predicted molar refractivity (Wildman–Crippen MR) is 144 cm³/mol. The zero-order valence-corrected chi connectivity index (χ0v) is 21.7. The molecule has 0 radical (unpaired) electrons. The highest BCUT2D eigenvalue weighted by atomic mass is 79.9. The smallest absolute Gasteiger partial charge is 0.243 e. The Bertz CT molecular complexity index is 1230. The van der Waals surface area contributed by atoms with Gasteiger partial charge in [-0.05, 0) is 69.1 Å². The van der Waals surface area contributed by atoms with Crippen molar-refractivity contribution in [3.8, 4) is 5.75 Å². The molecular weight excluding hydrogens is 527 g/mol. The predicted octanol–water partition coefficient (Wildman–Crippen LogP) is 4.76. The van der Waals surface area contributed by atoms with E-state index in [0.29, 0.717) is 51.6 Å². The Hall–Kier alpha value is -3.24. The number of amides is 1. The summed E-state index contributed by atoms with van der Waals surface area (Å²) in [6.45, 7) is 8.42. The molecule has 0 aliphatic carbocycles. The Balaban J connectivity index is 1.63. The second kappa shape index (κ2) is 12.1. The van der Waals surface area contributed by atoms with Crippen LogP contribution in [-0.2, 0) is 4.79 Å². The zero-order chi connectivity index (χ0) is 25.5. The van der Waals surface area contributed by atoms with Crippen molar-refractivity contribution in [1.82, 2.24) is 20.6 Å². The van der Waals surface area contributed by atoms with Crippen LogP contribution < -0.4 is 26.0 Å². The van der Waals surface area contributed by atoms with Gasteiger partial charge in [0.2, 0.25) is 5.91 Å². The third-order valence-electron chi connectivity index (χ3n) is 6.21. The average molecular weight is 557 g/mol. The van der Waals surface area contributed by atoms with E-state index in [0.717, 1.165) is 31.6 Å². The molecule has 8 nitrogen and oxygen atoms in total. The first-order valence-electron chi connectivity index (χ1n) is 12.0. The van der Waals surface area contributed by atoms with Crippen LogP contribution in [0.5, 0.6) is 5.75 Å². The highest BCUT2D eigenvalue weighted by Crippen LogP contribution is 2.35. The molecular formula is C26H30BrFN6O2.